The van der Waals surface area contributed by atoms with E-state index in [0.29, 0.717) is 24.5 Å². The third-order valence-corrected chi connectivity index (χ3v) is 3.60. The highest BCUT2D eigenvalue weighted by Gasteiger charge is 2.31. The molecule has 1 amide bonds. The van der Waals surface area contributed by atoms with E-state index in [1.165, 1.54) is 11.8 Å². The van der Waals surface area contributed by atoms with Crippen LogP contribution in [0.15, 0.2) is 18.6 Å². The van der Waals surface area contributed by atoms with Crippen LogP contribution in [0, 0.1) is 5.92 Å². The molecule has 1 aromatic heterocycles. The van der Waals surface area contributed by atoms with Gasteiger partial charge in [0, 0.05) is 38.0 Å². The highest BCUT2D eigenvalue weighted by molar-refractivity contribution is 8.13. The fourth-order valence-electron chi connectivity index (χ4n) is 1.78. The molecule has 5 nitrogen and oxygen atoms in total. The first-order valence-electron chi connectivity index (χ1n) is 5.36. The molecule has 0 aromatic carbocycles. The SMILES string of the molecule is CC(=O)SCC1CC(=O)N(c2cnccn2)C1. The van der Waals surface area contributed by atoms with E-state index in [2.05, 4.69) is 9.97 Å². The van der Waals surface area contributed by atoms with Gasteiger partial charge < -0.3 is 0 Å². The number of aromatic nitrogens is 2. The summed E-state index contributed by atoms with van der Waals surface area (Å²) in [6, 6.07) is 0. The Morgan fingerprint density at radius 2 is 2.41 bits per heavy atom. The van der Waals surface area contributed by atoms with Crippen LogP contribution in [0.3, 0.4) is 0 Å². The zero-order valence-electron chi connectivity index (χ0n) is 9.50. The predicted molar refractivity (Wildman–Crippen MR) is 65.6 cm³/mol. The fourth-order valence-corrected chi connectivity index (χ4v) is 2.47. The van der Waals surface area contributed by atoms with Gasteiger partial charge in [-0.05, 0) is 5.92 Å². The lowest BCUT2D eigenvalue weighted by molar-refractivity contribution is -0.117. The molecule has 2 rings (SSSR count). The van der Waals surface area contributed by atoms with Gasteiger partial charge in [-0.2, -0.15) is 0 Å². The van der Waals surface area contributed by atoms with Crippen molar-refractivity contribution in [3.63, 3.8) is 0 Å². The maximum Gasteiger partial charge on any atom is 0.228 e. The Hall–Kier alpha value is -1.43. The molecule has 0 spiro atoms. The van der Waals surface area contributed by atoms with E-state index in [4.69, 9.17) is 0 Å². The normalized spacial score (nSPS) is 19.7. The second-order valence-corrected chi connectivity index (χ2v) is 5.14. The lowest BCUT2D eigenvalue weighted by Gasteiger charge is -2.14. The minimum atomic E-state index is 0.0552. The summed E-state index contributed by atoms with van der Waals surface area (Å²) in [7, 11) is 0. The molecule has 1 atom stereocenters. The molecule has 1 aliphatic rings. The van der Waals surface area contributed by atoms with Crippen molar-refractivity contribution in [3.8, 4) is 0 Å². The summed E-state index contributed by atoms with van der Waals surface area (Å²) in [5.74, 6) is 1.56. The van der Waals surface area contributed by atoms with Crippen molar-refractivity contribution in [1.82, 2.24) is 9.97 Å². The second kappa shape index (κ2) is 5.27. The van der Waals surface area contributed by atoms with Gasteiger partial charge in [0.1, 0.15) is 0 Å². The van der Waals surface area contributed by atoms with E-state index in [0.717, 1.165) is 0 Å². The fraction of sp³-hybridized carbons (Fsp3) is 0.455. The first-order valence-corrected chi connectivity index (χ1v) is 6.35. The van der Waals surface area contributed by atoms with E-state index in [1.54, 1.807) is 30.4 Å². The van der Waals surface area contributed by atoms with Crippen LogP contribution in [0.5, 0.6) is 0 Å². The maximum atomic E-state index is 11.8. The van der Waals surface area contributed by atoms with Crippen molar-refractivity contribution in [2.75, 3.05) is 17.2 Å². The van der Waals surface area contributed by atoms with E-state index in [9.17, 15) is 9.59 Å². The van der Waals surface area contributed by atoms with Crippen LogP contribution in [0.1, 0.15) is 13.3 Å². The van der Waals surface area contributed by atoms with Crippen LogP contribution in [0.4, 0.5) is 5.82 Å². The minimum Gasteiger partial charge on any atom is -0.295 e. The lowest BCUT2D eigenvalue weighted by Crippen LogP contribution is -2.25. The summed E-state index contributed by atoms with van der Waals surface area (Å²) in [6.45, 7) is 2.17. The molecule has 1 aliphatic heterocycles. The lowest BCUT2D eigenvalue weighted by atomic mass is 10.1. The molecule has 2 heterocycles. The van der Waals surface area contributed by atoms with Crippen molar-refractivity contribution >= 4 is 28.6 Å². The summed E-state index contributed by atoms with van der Waals surface area (Å²) >= 11 is 1.27. The van der Waals surface area contributed by atoms with Gasteiger partial charge in [0.05, 0.1) is 6.20 Å². The largest absolute Gasteiger partial charge is 0.295 e. The molecule has 0 saturated carbocycles. The number of nitrogens with zero attached hydrogens (tertiary/aromatic N) is 3. The number of hydrogen-bond acceptors (Lipinski definition) is 5. The topological polar surface area (TPSA) is 63.2 Å². The van der Waals surface area contributed by atoms with Crippen molar-refractivity contribution in [3.05, 3.63) is 18.6 Å². The highest BCUT2D eigenvalue weighted by atomic mass is 32.2. The number of carbonyl (C=O) groups excluding carboxylic acids is 2. The highest BCUT2D eigenvalue weighted by Crippen LogP contribution is 2.25. The molecule has 0 aliphatic carbocycles. The van der Waals surface area contributed by atoms with Gasteiger partial charge in [-0.15, -0.1) is 0 Å². The van der Waals surface area contributed by atoms with Gasteiger partial charge in [-0.1, -0.05) is 11.8 Å². The number of hydrogen-bond donors (Lipinski definition) is 0. The number of anilines is 1. The van der Waals surface area contributed by atoms with E-state index < -0.39 is 0 Å². The molecule has 17 heavy (non-hydrogen) atoms. The minimum absolute atomic E-state index is 0.0552. The van der Waals surface area contributed by atoms with Crippen LogP contribution in [-0.4, -0.2) is 33.3 Å². The Labute approximate surface area is 104 Å². The first kappa shape index (κ1) is 12.0. The molecule has 0 radical (unpaired) electrons. The van der Waals surface area contributed by atoms with E-state index in [-0.39, 0.29) is 16.9 Å². The maximum absolute atomic E-state index is 11.8. The van der Waals surface area contributed by atoms with Gasteiger partial charge in [-0.25, -0.2) is 4.98 Å². The van der Waals surface area contributed by atoms with Crippen LogP contribution in [0.2, 0.25) is 0 Å². The van der Waals surface area contributed by atoms with Gasteiger partial charge in [0.15, 0.2) is 10.9 Å². The van der Waals surface area contributed by atoms with Crippen LogP contribution in [-0.2, 0) is 9.59 Å². The van der Waals surface area contributed by atoms with Gasteiger partial charge in [0.2, 0.25) is 5.91 Å². The smallest absolute Gasteiger partial charge is 0.228 e. The molecule has 0 N–H and O–H groups in total. The van der Waals surface area contributed by atoms with Gasteiger partial charge >= 0.3 is 0 Å². The summed E-state index contributed by atoms with van der Waals surface area (Å²) in [5, 5.41) is 0.0930. The average Bonchev–Trinajstić information content (AvgIpc) is 2.69. The summed E-state index contributed by atoms with van der Waals surface area (Å²) in [5.41, 5.74) is 0. The Morgan fingerprint density at radius 1 is 1.59 bits per heavy atom. The number of rotatable bonds is 3. The molecule has 1 saturated heterocycles. The summed E-state index contributed by atoms with van der Waals surface area (Å²) < 4.78 is 0. The molecular formula is C11H13N3O2S. The second-order valence-electron chi connectivity index (χ2n) is 3.94. The van der Waals surface area contributed by atoms with Crippen LogP contribution in [0.25, 0.3) is 0 Å². The third kappa shape index (κ3) is 3.03. The van der Waals surface area contributed by atoms with Crippen LogP contribution >= 0.6 is 11.8 Å². The number of carbonyl (C=O) groups is 2. The van der Waals surface area contributed by atoms with Gasteiger partial charge in [-0.3, -0.25) is 19.5 Å². The Kier molecular flexibility index (Phi) is 3.73. The molecule has 0 bridgehead atoms. The molecule has 90 valence electrons. The zero-order valence-corrected chi connectivity index (χ0v) is 10.3. The van der Waals surface area contributed by atoms with Crippen molar-refractivity contribution in [1.29, 1.82) is 0 Å². The van der Waals surface area contributed by atoms with Crippen molar-refractivity contribution in [2.24, 2.45) is 5.92 Å². The third-order valence-electron chi connectivity index (χ3n) is 2.55. The van der Waals surface area contributed by atoms with Gasteiger partial charge in [0.25, 0.3) is 0 Å². The summed E-state index contributed by atoms with van der Waals surface area (Å²) in [6.07, 6.45) is 5.21. The predicted octanol–water partition coefficient (Wildman–Crippen LogP) is 1.11. The zero-order chi connectivity index (χ0) is 12.3. The number of amides is 1. The quantitative estimate of drug-likeness (QED) is 0.805. The van der Waals surface area contributed by atoms with E-state index >= 15 is 0 Å². The first-order chi connectivity index (χ1) is 8.16. The molecule has 6 heteroatoms. The average molecular weight is 251 g/mol. The van der Waals surface area contributed by atoms with Crippen LogP contribution < -0.4 is 4.90 Å². The molecule has 1 unspecified atom stereocenters. The van der Waals surface area contributed by atoms with Crippen molar-refractivity contribution < 1.29 is 9.59 Å². The summed E-state index contributed by atoms with van der Waals surface area (Å²) in [4.78, 5) is 32.4. The monoisotopic (exact) mass is 251 g/mol. The standard InChI is InChI=1S/C11H13N3O2S/c1-8(15)17-7-9-4-11(16)14(6-9)10-5-12-2-3-13-10/h2-3,5,9H,4,6-7H2,1H3. The number of thioether (sulfide) groups is 1. The Morgan fingerprint density at radius 3 is 3.06 bits per heavy atom. The van der Waals surface area contributed by atoms with Crippen molar-refractivity contribution in [2.45, 2.75) is 13.3 Å². The molecule has 1 aromatic rings. The molecule has 1 fully saturated rings. The van der Waals surface area contributed by atoms with E-state index in [1.807, 2.05) is 0 Å². The Bertz CT molecular complexity index is 424. The Balaban J connectivity index is 1.98. The molecular weight excluding hydrogens is 238 g/mol.